The van der Waals surface area contributed by atoms with Crippen molar-refractivity contribution in [1.82, 2.24) is 5.43 Å². The number of fused-ring (bicyclic) bond motifs is 1. The molecule has 1 heterocycles. The Hall–Kier alpha value is -3.56. The van der Waals surface area contributed by atoms with Crippen LogP contribution in [0.3, 0.4) is 0 Å². The Morgan fingerprint density at radius 3 is 2.58 bits per heavy atom. The molecule has 0 bridgehead atoms. The zero-order valence-corrected chi connectivity index (χ0v) is 18.9. The van der Waals surface area contributed by atoms with E-state index in [0.29, 0.717) is 35.3 Å². The third kappa shape index (κ3) is 5.27. The SMILES string of the molecule is O=C(CN(c1cccc(Cl)c1)S(=O)(=O)c1ccccc1)N/N=C\c1cccc2c1OCCO2. The highest BCUT2D eigenvalue weighted by Gasteiger charge is 2.27. The lowest BCUT2D eigenvalue weighted by molar-refractivity contribution is -0.119. The number of benzene rings is 3. The van der Waals surface area contributed by atoms with E-state index in [-0.39, 0.29) is 10.6 Å². The van der Waals surface area contributed by atoms with Gasteiger partial charge < -0.3 is 9.47 Å². The van der Waals surface area contributed by atoms with Crippen LogP contribution in [0.25, 0.3) is 0 Å². The summed E-state index contributed by atoms with van der Waals surface area (Å²) in [4.78, 5) is 12.7. The van der Waals surface area contributed by atoms with Crippen molar-refractivity contribution in [2.75, 3.05) is 24.1 Å². The molecule has 1 N–H and O–H groups in total. The zero-order chi connectivity index (χ0) is 23.3. The number of amides is 1. The van der Waals surface area contributed by atoms with Gasteiger partial charge in [0.2, 0.25) is 0 Å². The molecule has 33 heavy (non-hydrogen) atoms. The first-order chi connectivity index (χ1) is 15.9. The average Bonchev–Trinajstić information content (AvgIpc) is 2.83. The molecular weight excluding hydrogens is 466 g/mol. The van der Waals surface area contributed by atoms with Gasteiger partial charge in [-0.1, -0.05) is 41.9 Å². The first-order valence-corrected chi connectivity index (χ1v) is 11.8. The minimum Gasteiger partial charge on any atom is -0.486 e. The molecule has 1 aliphatic rings. The summed E-state index contributed by atoms with van der Waals surface area (Å²) in [6.07, 6.45) is 1.42. The van der Waals surface area contributed by atoms with Crippen molar-refractivity contribution >= 4 is 39.4 Å². The molecule has 1 amide bonds. The molecule has 1 aliphatic heterocycles. The molecule has 0 fully saturated rings. The number of hydrogen-bond donors (Lipinski definition) is 1. The maximum absolute atomic E-state index is 13.3. The predicted octanol–water partition coefficient (Wildman–Crippen LogP) is 3.46. The molecule has 4 rings (SSSR count). The van der Waals surface area contributed by atoms with Crippen molar-refractivity contribution in [3.63, 3.8) is 0 Å². The summed E-state index contributed by atoms with van der Waals surface area (Å²) in [5, 5.41) is 4.30. The van der Waals surface area contributed by atoms with E-state index in [0.717, 1.165) is 4.31 Å². The number of hydrogen-bond acceptors (Lipinski definition) is 6. The van der Waals surface area contributed by atoms with Crippen LogP contribution in [0.4, 0.5) is 5.69 Å². The molecule has 3 aromatic carbocycles. The van der Waals surface area contributed by atoms with E-state index in [1.165, 1.54) is 24.4 Å². The van der Waals surface area contributed by atoms with Gasteiger partial charge in [0.15, 0.2) is 11.5 Å². The van der Waals surface area contributed by atoms with Crippen LogP contribution in [0.2, 0.25) is 5.02 Å². The number of nitrogens with zero attached hydrogens (tertiary/aromatic N) is 2. The Morgan fingerprint density at radius 2 is 1.79 bits per heavy atom. The van der Waals surface area contributed by atoms with E-state index >= 15 is 0 Å². The normalized spacial score (nSPS) is 13.0. The molecule has 3 aromatic rings. The van der Waals surface area contributed by atoms with Crippen LogP contribution in [0, 0.1) is 0 Å². The van der Waals surface area contributed by atoms with Crippen LogP contribution < -0.4 is 19.2 Å². The highest BCUT2D eigenvalue weighted by molar-refractivity contribution is 7.92. The largest absolute Gasteiger partial charge is 0.486 e. The fraction of sp³-hybridized carbons (Fsp3) is 0.130. The Morgan fingerprint density at radius 1 is 1.03 bits per heavy atom. The standard InChI is InChI=1S/C23H20ClN3O5S/c24-18-7-5-8-19(14-18)27(33(29,30)20-9-2-1-3-10-20)16-22(28)26-25-15-17-6-4-11-21-23(17)32-13-12-31-21/h1-11,14-15H,12-13,16H2,(H,26,28)/b25-15-. The molecule has 0 saturated heterocycles. The molecule has 0 radical (unpaired) electrons. The molecule has 10 heteroatoms. The molecule has 8 nitrogen and oxygen atoms in total. The number of anilines is 1. The summed E-state index contributed by atoms with van der Waals surface area (Å²) < 4.78 is 38.7. The van der Waals surface area contributed by atoms with Crippen molar-refractivity contribution in [3.05, 3.63) is 83.4 Å². The van der Waals surface area contributed by atoms with Crippen LogP contribution in [-0.2, 0) is 14.8 Å². The van der Waals surface area contributed by atoms with Crippen LogP contribution in [0.5, 0.6) is 11.5 Å². The molecule has 0 saturated carbocycles. The summed E-state index contributed by atoms with van der Waals surface area (Å²) in [6, 6.07) is 19.5. The Bertz CT molecular complexity index is 1280. The molecule has 0 atom stereocenters. The number of ether oxygens (including phenoxy) is 2. The number of para-hydroxylation sites is 1. The van der Waals surface area contributed by atoms with Gasteiger partial charge in [0.05, 0.1) is 16.8 Å². The predicted molar refractivity (Wildman–Crippen MR) is 126 cm³/mol. The third-order valence-electron chi connectivity index (χ3n) is 4.70. The lowest BCUT2D eigenvalue weighted by atomic mass is 10.2. The average molecular weight is 486 g/mol. The Labute approximate surface area is 196 Å². The van der Waals surface area contributed by atoms with Crippen molar-refractivity contribution in [1.29, 1.82) is 0 Å². The fourth-order valence-corrected chi connectivity index (χ4v) is 4.82. The van der Waals surface area contributed by atoms with Gasteiger partial charge in [0.1, 0.15) is 19.8 Å². The summed E-state index contributed by atoms with van der Waals surface area (Å²) in [6.45, 7) is 0.372. The van der Waals surface area contributed by atoms with Crippen molar-refractivity contribution < 1.29 is 22.7 Å². The van der Waals surface area contributed by atoms with Gasteiger partial charge in [-0.05, 0) is 42.5 Å². The monoisotopic (exact) mass is 485 g/mol. The van der Waals surface area contributed by atoms with Crippen molar-refractivity contribution in [2.24, 2.45) is 5.10 Å². The minimum absolute atomic E-state index is 0.0503. The molecule has 170 valence electrons. The van der Waals surface area contributed by atoms with Gasteiger partial charge in [-0.3, -0.25) is 9.10 Å². The van der Waals surface area contributed by atoms with Crippen molar-refractivity contribution in [3.8, 4) is 11.5 Å². The smallest absolute Gasteiger partial charge is 0.264 e. The van der Waals surface area contributed by atoms with Gasteiger partial charge in [-0.15, -0.1) is 0 Å². The first-order valence-electron chi connectivity index (χ1n) is 9.99. The maximum atomic E-state index is 13.3. The van der Waals surface area contributed by atoms with Crippen LogP contribution in [0.15, 0.2) is 82.8 Å². The van der Waals surface area contributed by atoms with Gasteiger partial charge in [-0.2, -0.15) is 5.10 Å². The number of halogens is 1. The second-order valence-corrected chi connectivity index (χ2v) is 9.27. The second-order valence-electron chi connectivity index (χ2n) is 6.97. The van der Waals surface area contributed by atoms with E-state index < -0.39 is 22.5 Å². The summed E-state index contributed by atoms with van der Waals surface area (Å²) in [5.41, 5.74) is 3.25. The topological polar surface area (TPSA) is 97.3 Å². The Balaban J connectivity index is 1.54. The van der Waals surface area contributed by atoms with Crippen LogP contribution >= 0.6 is 11.6 Å². The summed E-state index contributed by atoms with van der Waals surface area (Å²) >= 11 is 6.06. The first kappa shape index (κ1) is 22.6. The molecular formula is C23H20ClN3O5S. The lowest BCUT2D eigenvalue weighted by Crippen LogP contribution is -2.39. The highest BCUT2D eigenvalue weighted by Crippen LogP contribution is 2.32. The lowest BCUT2D eigenvalue weighted by Gasteiger charge is -2.23. The van der Waals surface area contributed by atoms with E-state index in [1.807, 2.05) is 0 Å². The van der Waals surface area contributed by atoms with E-state index in [9.17, 15) is 13.2 Å². The van der Waals surface area contributed by atoms with Crippen LogP contribution in [-0.4, -0.2) is 40.3 Å². The zero-order valence-electron chi connectivity index (χ0n) is 17.3. The Kier molecular flexibility index (Phi) is 6.81. The summed E-state index contributed by atoms with van der Waals surface area (Å²) in [7, 11) is -4.03. The number of carbonyl (C=O) groups is 1. The van der Waals surface area contributed by atoms with E-state index in [1.54, 1.807) is 54.6 Å². The molecule has 0 aromatic heterocycles. The maximum Gasteiger partial charge on any atom is 0.264 e. The van der Waals surface area contributed by atoms with Gasteiger partial charge in [0, 0.05) is 10.6 Å². The van der Waals surface area contributed by atoms with Gasteiger partial charge in [-0.25, -0.2) is 13.8 Å². The van der Waals surface area contributed by atoms with Crippen molar-refractivity contribution in [2.45, 2.75) is 4.90 Å². The van der Waals surface area contributed by atoms with E-state index in [4.69, 9.17) is 21.1 Å². The fourth-order valence-electron chi connectivity index (χ4n) is 3.20. The highest BCUT2D eigenvalue weighted by atomic mass is 35.5. The third-order valence-corrected chi connectivity index (χ3v) is 6.73. The number of rotatable bonds is 7. The number of hydrazone groups is 1. The molecule has 0 unspecified atom stereocenters. The van der Waals surface area contributed by atoms with Gasteiger partial charge >= 0.3 is 0 Å². The van der Waals surface area contributed by atoms with Gasteiger partial charge in [0.25, 0.3) is 15.9 Å². The summed E-state index contributed by atoms with van der Waals surface area (Å²) in [5.74, 6) is 0.499. The molecule has 0 aliphatic carbocycles. The minimum atomic E-state index is -4.03. The van der Waals surface area contributed by atoms with E-state index in [2.05, 4.69) is 10.5 Å². The van der Waals surface area contributed by atoms with Crippen LogP contribution in [0.1, 0.15) is 5.56 Å². The second kappa shape index (κ2) is 9.93. The molecule has 0 spiro atoms. The number of nitrogens with one attached hydrogen (secondary N) is 1. The quantitative estimate of drug-likeness (QED) is 0.408. The number of carbonyl (C=O) groups excluding carboxylic acids is 1. The number of sulfonamides is 1.